The van der Waals surface area contributed by atoms with Crippen molar-refractivity contribution < 1.29 is 19.8 Å². The van der Waals surface area contributed by atoms with Gasteiger partial charge in [-0.3, -0.25) is 14.6 Å². The largest absolute Gasteiger partial charge is 0.480 e. The van der Waals surface area contributed by atoms with Crippen LogP contribution < -0.4 is 16.6 Å². The molecular weight excluding hydrogens is 246 g/mol. The van der Waals surface area contributed by atoms with Gasteiger partial charge >= 0.3 is 11.7 Å². The number of nitrogens with one attached hydrogen (secondary N) is 3. The maximum absolute atomic E-state index is 11.4. The molecule has 5 N–H and O–H groups in total. The monoisotopic (exact) mass is 257 g/mol. The lowest BCUT2D eigenvalue weighted by atomic mass is 10.2. The van der Waals surface area contributed by atoms with Gasteiger partial charge < -0.3 is 20.5 Å². The van der Waals surface area contributed by atoms with Gasteiger partial charge in [0, 0.05) is 11.8 Å². The number of aliphatic carboxylic acids is 1. The van der Waals surface area contributed by atoms with Crippen molar-refractivity contribution in [2.24, 2.45) is 0 Å². The number of aliphatic hydroxyl groups excluding tert-OH is 1. The van der Waals surface area contributed by atoms with E-state index in [9.17, 15) is 19.2 Å². The number of rotatable bonds is 5. The molecule has 1 aromatic heterocycles. The van der Waals surface area contributed by atoms with E-state index in [0.717, 1.165) is 6.07 Å². The SMILES string of the molecule is O=C(Cc1cc(=O)[nH]c(=O)[nH]1)N[C@@H](CO)C(=O)O. The molecule has 1 heterocycles. The minimum absolute atomic E-state index is 0.0447. The fourth-order valence-corrected chi connectivity index (χ4v) is 1.22. The summed E-state index contributed by atoms with van der Waals surface area (Å²) in [5.74, 6) is -2.12. The standard InChI is InChI=1S/C9H11N3O6/c13-3-5(8(16)17)11-6(14)1-4-2-7(15)12-9(18)10-4/h2,5,13H,1,3H2,(H,11,14)(H,16,17)(H2,10,12,15,18)/t5-/m0/s1. The summed E-state index contributed by atoms with van der Waals surface area (Å²) in [5, 5.41) is 19.3. The number of carboxylic acid groups (broad SMARTS) is 1. The summed E-state index contributed by atoms with van der Waals surface area (Å²) in [4.78, 5) is 47.9. The smallest absolute Gasteiger partial charge is 0.328 e. The van der Waals surface area contributed by atoms with Crippen LogP contribution in [0.4, 0.5) is 0 Å². The molecule has 18 heavy (non-hydrogen) atoms. The van der Waals surface area contributed by atoms with Gasteiger partial charge in [0.05, 0.1) is 13.0 Å². The molecule has 1 amide bonds. The molecule has 1 atom stereocenters. The first kappa shape index (κ1) is 13.6. The first-order chi connectivity index (χ1) is 8.42. The van der Waals surface area contributed by atoms with Crippen LogP contribution in [-0.4, -0.2) is 44.7 Å². The van der Waals surface area contributed by atoms with Crippen molar-refractivity contribution in [1.29, 1.82) is 0 Å². The lowest BCUT2D eigenvalue weighted by molar-refractivity contribution is -0.142. The van der Waals surface area contributed by atoms with Crippen LogP contribution >= 0.6 is 0 Å². The van der Waals surface area contributed by atoms with Crippen LogP contribution in [0.2, 0.25) is 0 Å². The van der Waals surface area contributed by atoms with E-state index in [2.05, 4.69) is 4.98 Å². The zero-order chi connectivity index (χ0) is 13.7. The Hall–Kier alpha value is -2.42. The van der Waals surface area contributed by atoms with Crippen molar-refractivity contribution in [3.8, 4) is 0 Å². The topological polar surface area (TPSA) is 152 Å². The van der Waals surface area contributed by atoms with Crippen molar-refractivity contribution in [2.75, 3.05) is 6.61 Å². The number of hydrogen-bond donors (Lipinski definition) is 5. The van der Waals surface area contributed by atoms with E-state index in [4.69, 9.17) is 10.2 Å². The van der Waals surface area contributed by atoms with E-state index in [1.807, 2.05) is 10.3 Å². The number of hydrogen-bond acceptors (Lipinski definition) is 5. The van der Waals surface area contributed by atoms with E-state index < -0.39 is 35.8 Å². The number of aliphatic hydroxyl groups is 1. The average molecular weight is 257 g/mol. The van der Waals surface area contributed by atoms with Crippen LogP contribution in [0, 0.1) is 0 Å². The second kappa shape index (κ2) is 5.77. The molecular formula is C9H11N3O6. The first-order valence-corrected chi connectivity index (χ1v) is 4.88. The van der Waals surface area contributed by atoms with E-state index >= 15 is 0 Å². The Morgan fingerprint density at radius 3 is 2.50 bits per heavy atom. The lowest BCUT2D eigenvalue weighted by Crippen LogP contribution is -2.44. The van der Waals surface area contributed by atoms with Crippen LogP contribution in [0.3, 0.4) is 0 Å². The normalized spacial score (nSPS) is 11.8. The average Bonchev–Trinajstić information content (AvgIpc) is 2.23. The maximum Gasteiger partial charge on any atom is 0.328 e. The third kappa shape index (κ3) is 3.87. The van der Waals surface area contributed by atoms with Gasteiger partial charge in [0.2, 0.25) is 5.91 Å². The third-order valence-corrected chi connectivity index (χ3v) is 1.98. The van der Waals surface area contributed by atoms with Gasteiger partial charge in [-0.2, -0.15) is 0 Å². The number of aromatic amines is 2. The van der Waals surface area contributed by atoms with Crippen molar-refractivity contribution >= 4 is 11.9 Å². The Labute approximate surface area is 99.5 Å². The van der Waals surface area contributed by atoms with E-state index in [1.165, 1.54) is 0 Å². The van der Waals surface area contributed by atoms with Gasteiger partial charge in [0.1, 0.15) is 6.04 Å². The fraction of sp³-hybridized carbons (Fsp3) is 0.333. The van der Waals surface area contributed by atoms with Crippen molar-refractivity contribution in [3.05, 3.63) is 32.6 Å². The molecule has 0 unspecified atom stereocenters. The molecule has 0 aromatic carbocycles. The molecule has 0 saturated heterocycles. The van der Waals surface area contributed by atoms with Crippen LogP contribution in [-0.2, 0) is 16.0 Å². The summed E-state index contributed by atoms with van der Waals surface area (Å²) in [6.45, 7) is -0.757. The van der Waals surface area contributed by atoms with Gasteiger partial charge in [-0.15, -0.1) is 0 Å². The number of H-pyrrole nitrogens is 2. The first-order valence-electron chi connectivity index (χ1n) is 4.88. The number of carboxylic acids is 1. The molecule has 1 rings (SSSR count). The minimum atomic E-state index is -1.42. The lowest BCUT2D eigenvalue weighted by Gasteiger charge is -2.11. The molecule has 9 nitrogen and oxygen atoms in total. The molecule has 98 valence electrons. The maximum atomic E-state index is 11.4. The second-order valence-electron chi connectivity index (χ2n) is 3.43. The van der Waals surface area contributed by atoms with Gasteiger partial charge in [-0.1, -0.05) is 0 Å². The summed E-state index contributed by atoms with van der Waals surface area (Å²) < 4.78 is 0. The summed E-state index contributed by atoms with van der Waals surface area (Å²) in [6, 6.07) is -0.415. The van der Waals surface area contributed by atoms with Crippen molar-refractivity contribution in [3.63, 3.8) is 0 Å². The highest BCUT2D eigenvalue weighted by molar-refractivity contribution is 5.84. The molecule has 0 bridgehead atoms. The van der Waals surface area contributed by atoms with Gasteiger partial charge in [0.15, 0.2) is 0 Å². The molecule has 0 aliphatic heterocycles. The molecule has 1 aromatic rings. The molecule has 0 spiro atoms. The third-order valence-electron chi connectivity index (χ3n) is 1.98. The molecule has 0 aliphatic carbocycles. The van der Waals surface area contributed by atoms with E-state index in [1.54, 1.807) is 0 Å². The van der Waals surface area contributed by atoms with Gasteiger partial charge in [-0.25, -0.2) is 9.59 Å². The van der Waals surface area contributed by atoms with Crippen LogP contribution in [0.5, 0.6) is 0 Å². The molecule has 0 radical (unpaired) electrons. The quantitative estimate of drug-likeness (QED) is 0.383. The molecule has 0 fully saturated rings. The Morgan fingerprint density at radius 2 is 2.00 bits per heavy atom. The fourth-order valence-electron chi connectivity index (χ4n) is 1.22. The Bertz CT molecular complexity index is 532. The Morgan fingerprint density at radius 1 is 1.33 bits per heavy atom. The number of aromatic nitrogens is 2. The Kier molecular flexibility index (Phi) is 4.38. The summed E-state index contributed by atoms with van der Waals surface area (Å²) in [7, 11) is 0. The molecule has 0 saturated carbocycles. The minimum Gasteiger partial charge on any atom is -0.480 e. The summed E-state index contributed by atoms with van der Waals surface area (Å²) in [6.07, 6.45) is -0.372. The second-order valence-corrected chi connectivity index (χ2v) is 3.43. The highest BCUT2D eigenvalue weighted by atomic mass is 16.4. The van der Waals surface area contributed by atoms with E-state index in [0.29, 0.717) is 0 Å². The van der Waals surface area contributed by atoms with Crippen molar-refractivity contribution in [1.82, 2.24) is 15.3 Å². The zero-order valence-corrected chi connectivity index (χ0v) is 9.10. The summed E-state index contributed by atoms with van der Waals surface area (Å²) in [5.41, 5.74) is -1.39. The predicted molar refractivity (Wildman–Crippen MR) is 58.0 cm³/mol. The van der Waals surface area contributed by atoms with Gasteiger partial charge in [-0.05, 0) is 0 Å². The van der Waals surface area contributed by atoms with Crippen molar-refractivity contribution in [2.45, 2.75) is 12.5 Å². The highest BCUT2D eigenvalue weighted by Crippen LogP contribution is 1.90. The number of carbonyl (C=O) groups excluding carboxylic acids is 1. The van der Waals surface area contributed by atoms with Crippen LogP contribution in [0.15, 0.2) is 15.7 Å². The zero-order valence-electron chi connectivity index (χ0n) is 9.10. The predicted octanol–water partition coefficient (Wildman–Crippen LogP) is -2.83. The number of amides is 1. The summed E-state index contributed by atoms with van der Waals surface area (Å²) >= 11 is 0. The van der Waals surface area contributed by atoms with Crippen LogP contribution in [0.1, 0.15) is 5.69 Å². The highest BCUT2D eigenvalue weighted by Gasteiger charge is 2.18. The number of carbonyl (C=O) groups is 2. The molecule has 9 heteroatoms. The van der Waals surface area contributed by atoms with Crippen LogP contribution in [0.25, 0.3) is 0 Å². The van der Waals surface area contributed by atoms with E-state index in [-0.39, 0.29) is 12.1 Å². The molecule has 0 aliphatic rings. The van der Waals surface area contributed by atoms with Gasteiger partial charge in [0.25, 0.3) is 5.56 Å². The Balaban J connectivity index is 2.73.